The van der Waals surface area contributed by atoms with Crippen molar-refractivity contribution in [2.75, 3.05) is 30.9 Å². The number of sulfonamides is 1. The lowest BCUT2D eigenvalue weighted by Gasteiger charge is -2.24. The van der Waals surface area contributed by atoms with E-state index in [1.54, 1.807) is 23.9 Å². The summed E-state index contributed by atoms with van der Waals surface area (Å²) in [5.41, 5.74) is 6.64. The molecule has 0 amide bonds. The molecule has 108 valence electrons. The highest BCUT2D eigenvalue weighted by atomic mass is 32.2. The Bertz CT molecular complexity index is 542. The van der Waals surface area contributed by atoms with Gasteiger partial charge >= 0.3 is 0 Å². The van der Waals surface area contributed by atoms with Gasteiger partial charge in [-0.15, -0.1) is 0 Å². The molecule has 0 aliphatic rings. The lowest BCUT2D eigenvalue weighted by Crippen LogP contribution is -2.27. The van der Waals surface area contributed by atoms with Crippen LogP contribution >= 0.6 is 11.8 Å². The Morgan fingerprint density at radius 2 is 2.00 bits per heavy atom. The number of anilines is 2. The summed E-state index contributed by atoms with van der Waals surface area (Å²) in [6.45, 7) is 4.84. The largest absolute Gasteiger partial charge is 0.399 e. The molecule has 5 nitrogen and oxygen atoms in total. The van der Waals surface area contributed by atoms with Gasteiger partial charge in [0.05, 0.1) is 5.69 Å². The molecule has 0 fully saturated rings. The van der Waals surface area contributed by atoms with E-state index in [0.29, 0.717) is 17.9 Å². The fraction of sp³-hybridized carbons (Fsp3) is 0.500. The molecular formula is C12H21N3O2S2. The lowest BCUT2D eigenvalue weighted by molar-refractivity contribution is 0.588. The monoisotopic (exact) mass is 303 g/mol. The first kappa shape index (κ1) is 16.1. The van der Waals surface area contributed by atoms with Crippen molar-refractivity contribution < 1.29 is 8.42 Å². The van der Waals surface area contributed by atoms with Gasteiger partial charge < -0.3 is 11.1 Å². The second-order valence-electron chi connectivity index (χ2n) is 4.78. The smallest absolute Gasteiger partial charge is 0.242 e. The zero-order valence-corrected chi connectivity index (χ0v) is 13.3. The van der Waals surface area contributed by atoms with Crippen molar-refractivity contribution in [3.63, 3.8) is 0 Å². The van der Waals surface area contributed by atoms with Crippen LogP contribution in [0.2, 0.25) is 0 Å². The second kappa shape index (κ2) is 6.02. The summed E-state index contributed by atoms with van der Waals surface area (Å²) in [6, 6.07) is 4.83. The highest BCUT2D eigenvalue weighted by molar-refractivity contribution is 7.99. The third-order valence-electron chi connectivity index (χ3n) is 2.82. The number of nitrogens with two attached hydrogens (primary N) is 1. The van der Waals surface area contributed by atoms with Crippen molar-refractivity contribution in [3.8, 4) is 0 Å². The van der Waals surface area contributed by atoms with Crippen molar-refractivity contribution in [1.82, 2.24) is 4.72 Å². The molecule has 0 unspecified atom stereocenters. The van der Waals surface area contributed by atoms with Gasteiger partial charge in [0.1, 0.15) is 4.90 Å². The molecule has 0 radical (unpaired) electrons. The first-order valence-electron chi connectivity index (χ1n) is 5.84. The summed E-state index contributed by atoms with van der Waals surface area (Å²) in [6.07, 6.45) is 2.02. The SMILES string of the molecule is CNS(=O)(=O)c1cc(N)ccc1NCC(C)(C)SC. The first-order chi connectivity index (χ1) is 8.72. The predicted molar refractivity (Wildman–Crippen MR) is 83.2 cm³/mol. The zero-order chi connectivity index (χ0) is 14.7. The minimum absolute atomic E-state index is 0.0159. The molecule has 4 N–H and O–H groups in total. The van der Waals surface area contributed by atoms with Crippen LogP contribution in [-0.2, 0) is 10.0 Å². The molecule has 0 heterocycles. The lowest BCUT2D eigenvalue weighted by atomic mass is 10.2. The normalized spacial score (nSPS) is 12.4. The van der Waals surface area contributed by atoms with Gasteiger partial charge in [0.2, 0.25) is 10.0 Å². The van der Waals surface area contributed by atoms with Crippen LogP contribution < -0.4 is 15.8 Å². The molecule has 0 atom stereocenters. The number of nitrogens with one attached hydrogen (secondary N) is 2. The van der Waals surface area contributed by atoms with Crippen molar-refractivity contribution >= 4 is 33.2 Å². The molecule has 0 saturated heterocycles. The van der Waals surface area contributed by atoms with Gasteiger partial charge in [0.15, 0.2) is 0 Å². The van der Waals surface area contributed by atoms with Crippen molar-refractivity contribution in [2.24, 2.45) is 0 Å². The van der Waals surface area contributed by atoms with E-state index in [4.69, 9.17) is 5.73 Å². The molecule has 1 aromatic rings. The van der Waals surface area contributed by atoms with E-state index in [1.165, 1.54) is 13.1 Å². The van der Waals surface area contributed by atoms with Gasteiger partial charge in [0.25, 0.3) is 0 Å². The summed E-state index contributed by atoms with van der Waals surface area (Å²) in [4.78, 5) is 0.173. The Balaban J connectivity index is 3.09. The van der Waals surface area contributed by atoms with E-state index < -0.39 is 10.0 Å². The molecule has 1 rings (SSSR count). The minimum Gasteiger partial charge on any atom is -0.399 e. The molecule has 0 bridgehead atoms. The molecule has 7 heteroatoms. The molecule has 0 aliphatic carbocycles. The topological polar surface area (TPSA) is 84.2 Å². The van der Waals surface area contributed by atoms with Crippen LogP contribution in [0.1, 0.15) is 13.8 Å². The number of nitrogen functional groups attached to an aromatic ring is 1. The van der Waals surface area contributed by atoms with E-state index in [0.717, 1.165) is 0 Å². The van der Waals surface area contributed by atoms with E-state index in [-0.39, 0.29) is 9.64 Å². The van der Waals surface area contributed by atoms with Gasteiger partial charge in [-0.2, -0.15) is 11.8 Å². The number of hydrogen-bond donors (Lipinski definition) is 3. The van der Waals surface area contributed by atoms with Gasteiger partial charge in [-0.1, -0.05) is 0 Å². The molecule has 0 aliphatic heterocycles. The number of rotatable bonds is 6. The average molecular weight is 303 g/mol. The standard InChI is InChI=1S/C12H21N3O2S2/c1-12(2,18-4)8-15-10-6-5-9(13)7-11(10)19(16,17)14-3/h5-7,14-15H,8,13H2,1-4H3. The number of benzene rings is 1. The highest BCUT2D eigenvalue weighted by Crippen LogP contribution is 2.26. The molecule has 1 aromatic carbocycles. The van der Waals surface area contributed by atoms with Crippen LogP contribution in [0.25, 0.3) is 0 Å². The Morgan fingerprint density at radius 1 is 1.37 bits per heavy atom. The van der Waals surface area contributed by atoms with Crippen molar-refractivity contribution in [2.45, 2.75) is 23.5 Å². The Kier molecular flexibility index (Phi) is 5.11. The Morgan fingerprint density at radius 3 is 2.53 bits per heavy atom. The Labute approximate surface area is 119 Å². The van der Waals surface area contributed by atoms with Crippen molar-refractivity contribution in [3.05, 3.63) is 18.2 Å². The molecule has 19 heavy (non-hydrogen) atoms. The summed E-state index contributed by atoms with van der Waals surface area (Å²) >= 11 is 1.72. The van der Waals surface area contributed by atoms with E-state index in [1.807, 2.05) is 6.26 Å². The summed E-state index contributed by atoms with van der Waals surface area (Å²) < 4.78 is 26.2. The zero-order valence-electron chi connectivity index (χ0n) is 11.6. The quantitative estimate of drug-likeness (QED) is 0.697. The third-order valence-corrected chi connectivity index (χ3v) is 5.52. The summed E-state index contributed by atoms with van der Waals surface area (Å²) in [5.74, 6) is 0. The molecule has 0 aromatic heterocycles. The molecular weight excluding hydrogens is 282 g/mol. The van der Waals surface area contributed by atoms with Gasteiger partial charge in [0, 0.05) is 17.0 Å². The van der Waals surface area contributed by atoms with Crippen molar-refractivity contribution in [1.29, 1.82) is 0 Å². The maximum atomic E-state index is 12.0. The van der Waals surface area contributed by atoms with Crippen LogP contribution in [0.3, 0.4) is 0 Å². The van der Waals surface area contributed by atoms with E-state index in [9.17, 15) is 8.42 Å². The maximum Gasteiger partial charge on any atom is 0.242 e. The molecule has 0 spiro atoms. The fourth-order valence-corrected chi connectivity index (χ4v) is 2.55. The third kappa shape index (κ3) is 4.29. The van der Waals surface area contributed by atoms with E-state index in [2.05, 4.69) is 23.9 Å². The summed E-state index contributed by atoms with van der Waals surface area (Å²) in [5, 5.41) is 3.18. The van der Waals surface area contributed by atoms with Crippen LogP contribution in [0.4, 0.5) is 11.4 Å². The minimum atomic E-state index is -3.53. The average Bonchev–Trinajstić information content (AvgIpc) is 2.37. The summed E-state index contributed by atoms with van der Waals surface area (Å²) in [7, 11) is -2.14. The van der Waals surface area contributed by atoms with Crippen LogP contribution in [0.5, 0.6) is 0 Å². The van der Waals surface area contributed by atoms with Gasteiger partial charge in [-0.3, -0.25) is 0 Å². The van der Waals surface area contributed by atoms with Crippen LogP contribution in [0.15, 0.2) is 23.1 Å². The number of thioether (sulfide) groups is 1. The Hall–Kier alpha value is -0.920. The predicted octanol–water partition coefficient (Wildman–Crippen LogP) is 1.73. The van der Waals surface area contributed by atoms with Crippen LogP contribution in [-0.4, -0.2) is 33.0 Å². The first-order valence-corrected chi connectivity index (χ1v) is 8.55. The van der Waals surface area contributed by atoms with Gasteiger partial charge in [-0.05, 0) is 45.4 Å². The maximum absolute atomic E-state index is 12.0. The van der Waals surface area contributed by atoms with E-state index >= 15 is 0 Å². The number of hydrogen-bond acceptors (Lipinski definition) is 5. The van der Waals surface area contributed by atoms with Gasteiger partial charge in [-0.25, -0.2) is 13.1 Å². The van der Waals surface area contributed by atoms with Crippen LogP contribution in [0, 0.1) is 0 Å². The second-order valence-corrected chi connectivity index (χ2v) is 8.15. The highest BCUT2D eigenvalue weighted by Gasteiger charge is 2.20. The molecule has 0 saturated carbocycles. The fourth-order valence-electron chi connectivity index (χ4n) is 1.40.